The monoisotopic (exact) mass is 319 g/mol. The quantitative estimate of drug-likeness (QED) is 0.769. The van der Waals surface area contributed by atoms with E-state index in [4.69, 9.17) is 16.7 Å². The van der Waals surface area contributed by atoms with E-state index in [1.165, 1.54) is 6.20 Å². The zero-order valence-corrected chi connectivity index (χ0v) is 13.7. The van der Waals surface area contributed by atoms with E-state index in [9.17, 15) is 4.79 Å². The molecule has 0 aliphatic rings. The van der Waals surface area contributed by atoms with E-state index in [0.29, 0.717) is 5.69 Å². The van der Waals surface area contributed by atoms with Gasteiger partial charge < -0.3 is 10.4 Å². The van der Waals surface area contributed by atoms with Crippen LogP contribution in [0.5, 0.6) is 0 Å². The van der Waals surface area contributed by atoms with Crippen LogP contribution < -0.4 is 10.9 Å². The van der Waals surface area contributed by atoms with Gasteiger partial charge in [0.25, 0.3) is 5.56 Å². The molecule has 1 aromatic heterocycles. The maximum Gasteiger partial charge on any atom is 0.287 e. The van der Waals surface area contributed by atoms with Crippen molar-refractivity contribution in [1.29, 1.82) is 0 Å². The smallest absolute Gasteiger partial charge is 0.287 e. The Hall–Kier alpha value is -0.720. The predicted molar refractivity (Wildman–Crippen MR) is 85.9 cm³/mol. The average molecular weight is 320 g/mol. The van der Waals surface area contributed by atoms with Crippen molar-refractivity contribution in [3.05, 3.63) is 21.6 Å². The summed E-state index contributed by atoms with van der Waals surface area (Å²) in [6.45, 7) is 5.04. The molecular formula is C13H22ClN3O2S. The average Bonchev–Trinajstić information content (AvgIpc) is 2.48. The summed E-state index contributed by atoms with van der Waals surface area (Å²) in [5.41, 5.74) is 0.166. The van der Waals surface area contributed by atoms with Gasteiger partial charge in [-0.15, -0.1) is 0 Å². The number of anilines is 1. The molecule has 0 aliphatic heterocycles. The molecule has 20 heavy (non-hydrogen) atoms. The standard InChI is InChI=1S/C13H22ClN3O2S/c1-4-13(5-2,20-3)9-15-10-8-16-17(6-7-18)12(19)11(10)14/h8,15,18H,4-7,9H2,1-3H3. The molecule has 0 aromatic carbocycles. The van der Waals surface area contributed by atoms with Crippen molar-refractivity contribution < 1.29 is 5.11 Å². The van der Waals surface area contributed by atoms with Crippen LogP contribution >= 0.6 is 23.4 Å². The van der Waals surface area contributed by atoms with Crippen molar-refractivity contribution in [2.75, 3.05) is 24.7 Å². The molecule has 0 aliphatic carbocycles. The van der Waals surface area contributed by atoms with Crippen LogP contribution in [-0.2, 0) is 6.54 Å². The van der Waals surface area contributed by atoms with Crippen LogP contribution in [0, 0.1) is 0 Å². The van der Waals surface area contributed by atoms with Gasteiger partial charge in [-0.05, 0) is 19.1 Å². The Morgan fingerprint density at radius 2 is 2.15 bits per heavy atom. The predicted octanol–water partition coefficient (Wildman–Crippen LogP) is 2.22. The zero-order valence-electron chi connectivity index (χ0n) is 12.1. The van der Waals surface area contributed by atoms with Crippen LogP contribution in [0.1, 0.15) is 26.7 Å². The van der Waals surface area contributed by atoms with Gasteiger partial charge in [-0.1, -0.05) is 25.4 Å². The molecule has 0 spiro atoms. The van der Waals surface area contributed by atoms with E-state index in [1.54, 1.807) is 0 Å². The summed E-state index contributed by atoms with van der Waals surface area (Å²) in [5, 5.41) is 16.2. The van der Waals surface area contributed by atoms with Crippen molar-refractivity contribution >= 4 is 29.1 Å². The van der Waals surface area contributed by atoms with Crippen molar-refractivity contribution in [3.63, 3.8) is 0 Å². The maximum absolute atomic E-state index is 11.9. The number of nitrogens with zero attached hydrogens (tertiary/aromatic N) is 2. The number of aliphatic hydroxyl groups excluding tert-OH is 1. The molecule has 0 saturated heterocycles. The van der Waals surface area contributed by atoms with Crippen LogP contribution in [0.2, 0.25) is 5.02 Å². The number of aliphatic hydroxyl groups is 1. The first-order chi connectivity index (χ1) is 9.53. The third-order valence-corrected chi connectivity index (χ3v) is 5.57. The largest absolute Gasteiger partial charge is 0.394 e. The topological polar surface area (TPSA) is 67.2 Å². The highest BCUT2D eigenvalue weighted by molar-refractivity contribution is 8.00. The second-order valence-electron chi connectivity index (χ2n) is 4.57. The van der Waals surface area contributed by atoms with E-state index in [2.05, 4.69) is 30.5 Å². The van der Waals surface area contributed by atoms with Crippen LogP contribution in [0.4, 0.5) is 5.69 Å². The van der Waals surface area contributed by atoms with Crippen LogP contribution in [-0.4, -0.2) is 39.0 Å². The molecule has 2 N–H and O–H groups in total. The minimum atomic E-state index is -0.381. The number of rotatable bonds is 8. The summed E-state index contributed by atoms with van der Waals surface area (Å²) in [7, 11) is 0. The van der Waals surface area contributed by atoms with E-state index in [1.807, 2.05) is 11.8 Å². The number of hydrogen-bond acceptors (Lipinski definition) is 5. The van der Waals surface area contributed by atoms with Gasteiger partial charge in [-0.2, -0.15) is 16.9 Å². The Bertz CT molecular complexity index is 481. The molecule has 0 saturated carbocycles. The Morgan fingerprint density at radius 3 is 2.65 bits per heavy atom. The Kier molecular flexibility index (Phi) is 6.85. The van der Waals surface area contributed by atoms with Gasteiger partial charge in [-0.25, -0.2) is 4.68 Å². The molecule has 0 bridgehead atoms. The summed E-state index contributed by atoms with van der Waals surface area (Å²) < 4.78 is 1.29. The van der Waals surface area contributed by atoms with Gasteiger partial charge in [-0.3, -0.25) is 4.79 Å². The van der Waals surface area contributed by atoms with E-state index < -0.39 is 0 Å². The number of thioether (sulfide) groups is 1. The maximum atomic E-state index is 11.9. The molecule has 0 fully saturated rings. The lowest BCUT2D eigenvalue weighted by Gasteiger charge is -2.30. The fourth-order valence-corrected chi connectivity index (χ4v) is 2.97. The SMILES string of the molecule is CCC(CC)(CNc1cnn(CCO)c(=O)c1Cl)SC. The van der Waals surface area contributed by atoms with Gasteiger partial charge in [0.2, 0.25) is 0 Å². The lowest BCUT2D eigenvalue weighted by molar-refractivity contribution is 0.266. The highest BCUT2D eigenvalue weighted by atomic mass is 35.5. The number of hydrogen-bond donors (Lipinski definition) is 2. The summed E-state index contributed by atoms with van der Waals surface area (Å²) in [4.78, 5) is 11.9. The molecule has 0 unspecified atom stereocenters. The van der Waals surface area contributed by atoms with Crippen molar-refractivity contribution in [2.24, 2.45) is 0 Å². The van der Waals surface area contributed by atoms with Gasteiger partial charge in [0.15, 0.2) is 0 Å². The van der Waals surface area contributed by atoms with Gasteiger partial charge in [0, 0.05) is 11.3 Å². The highest BCUT2D eigenvalue weighted by Gasteiger charge is 2.25. The molecule has 1 rings (SSSR count). The fourth-order valence-electron chi connectivity index (χ4n) is 1.96. The summed E-state index contributed by atoms with van der Waals surface area (Å²) in [6.07, 6.45) is 5.69. The first kappa shape index (κ1) is 17.3. The molecule has 0 atom stereocenters. The second kappa shape index (κ2) is 7.90. The summed E-state index contributed by atoms with van der Waals surface area (Å²) in [6, 6.07) is 0. The Labute approximate surface area is 128 Å². The van der Waals surface area contributed by atoms with Crippen LogP contribution in [0.25, 0.3) is 0 Å². The number of halogens is 1. The molecule has 1 aromatic rings. The third-order valence-electron chi connectivity index (χ3n) is 3.62. The second-order valence-corrected chi connectivity index (χ2v) is 6.22. The Balaban J connectivity index is 2.89. The molecule has 0 radical (unpaired) electrons. The summed E-state index contributed by atoms with van der Waals surface area (Å²) in [5.74, 6) is 0. The third kappa shape index (κ3) is 3.90. The van der Waals surface area contributed by atoms with E-state index in [-0.39, 0.29) is 28.5 Å². The fraction of sp³-hybridized carbons (Fsp3) is 0.692. The van der Waals surface area contributed by atoms with E-state index in [0.717, 1.165) is 24.1 Å². The highest BCUT2D eigenvalue weighted by Crippen LogP contribution is 2.31. The minimum Gasteiger partial charge on any atom is -0.394 e. The van der Waals surface area contributed by atoms with Crippen molar-refractivity contribution in [1.82, 2.24) is 9.78 Å². The lowest BCUT2D eigenvalue weighted by atomic mass is 10.0. The first-order valence-electron chi connectivity index (χ1n) is 6.69. The van der Waals surface area contributed by atoms with Gasteiger partial charge in [0.1, 0.15) is 5.02 Å². The number of aromatic nitrogens is 2. The summed E-state index contributed by atoms with van der Waals surface area (Å²) >= 11 is 7.88. The molecule has 5 nitrogen and oxygen atoms in total. The van der Waals surface area contributed by atoms with Crippen LogP contribution in [0.15, 0.2) is 11.0 Å². The lowest BCUT2D eigenvalue weighted by Crippen LogP contribution is -2.33. The zero-order chi connectivity index (χ0) is 15.2. The van der Waals surface area contributed by atoms with Gasteiger partial charge >= 0.3 is 0 Å². The number of nitrogens with one attached hydrogen (secondary N) is 1. The molecule has 0 amide bonds. The van der Waals surface area contributed by atoms with Crippen molar-refractivity contribution in [2.45, 2.75) is 38.0 Å². The molecule has 7 heteroatoms. The molecule has 1 heterocycles. The molecular weight excluding hydrogens is 298 g/mol. The molecule has 114 valence electrons. The normalized spacial score (nSPS) is 11.7. The first-order valence-corrected chi connectivity index (χ1v) is 8.29. The van der Waals surface area contributed by atoms with Gasteiger partial charge in [0.05, 0.1) is 25.0 Å². The Morgan fingerprint density at radius 1 is 1.50 bits per heavy atom. The van der Waals surface area contributed by atoms with E-state index >= 15 is 0 Å². The van der Waals surface area contributed by atoms with Crippen molar-refractivity contribution in [3.8, 4) is 0 Å². The minimum absolute atomic E-state index is 0.121. The van der Waals surface area contributed by atoms with Crippen LogP contribution in [0.3, 0.4) is 0 Å².